The smallest absolute Gasteiger partial charge is 0.322 e. The van der Waals surface area contributed by atoms with Crippen molar-refractivity contribution in [1.82, 2.24) is 10.2 Å². The standard InChI is InChI=1S/C14H30N2O2/c1-7-11(8-2)13(16(4)5)10-15-12(9-3)14(17)18-6/h11-13,15H,7-10H2,1-6H3. The Bertz CT molecular complexity index is 228. The van der Waals surface area contributed by atoms with Gasteiger partial charge >= 0.3 is 5.97 Å². The van der Waals surface area contributed by atoms with Crippen LogP contribution in [-0.4, -0.2) is 50.7 Å². The zero-order valence-corrected chi connectivity index (χ0v) is 12.8. The Morgan fingerprint density at radius 2 is 1.72 bits per heavy atom. The van der Waals surface area contributed by atoms with Gasteiger partial charge in [-0.15, -0.1) is 0 Å². The summed E-state index contributed by atoms with van der Waals surface area (Å²) in [4.78, 5) is 13.8. The molecule has 2 atom stereocenters. The summed E-state index contributed by atoms with van der Waals surface area (Å²) in [5.41, 5.74) is 0. The monoisotopic (exact) mass is 258 g/mol. The molecule has 4 nitrogen and oxygen atoms in total. The molecule has 108 valence electrons. The summed E-state index contributed by atoms with van der Waals surface area (Å²) >= 11 is 0. The molecule has 0 amide bonds. The Morgan fingerprint density at radius 1 is 1.17 bits per heavy atom. The number of carbonyl (C=O) groups excluding carboxylic acids is 1. The molecule has 0 saturated heterocycles. The lowest BCUT2D eigenvalue weighted by molar-refractivity contribution is -0.143. The van der Waals surface area contributed by atoms with Gasteiger partial charge in [-0.3, -0.25) is 4.79 Å². The van der Waals surface area contributed by atoms with E-state index in [2.05, 4.69) is 38.2 Å². The summed E-state index contributed by atoms with van der Waals surface area (Å²) in [6, 6.07) is 0.269. The van der Waals surface area contributed by atoms with Gasteiger partial charge in [0.1, 0.15) is 6.04 Å². The molecule has 0 fully saturated rings. The Labute approximate surface area is 112 Å². The number of nitrogens with zero attached hydrogens (tertiary/aromatic N) is 1. The Morgan fingerprint density at radius 3 is 2.06 bits per heavy atom. The van der Waals surface area contributed by atoms with Crippen LogP contribution in [0.3, 0.4) is 0 Å². The van der Waals surface area contributed by atoms with E-state index in [4.69, 9.17) is 4.74 Å². The van der Waals surface area contributed by atoms with Gasteiger partial charge in [-0.05, 0) is 26.4 Å². The van der Waals surface area contributed by atoms with Crippen LogP contribution in [0, 0.1) is 5.92 Å². The number of likely N-dealkylation sites (N-methyl/N-ethyl adjacent to an activating group) is 1. The number of hydrogen-bond donors (Lipinski definition) is 1. The lowest BCUT2D eigenvalue weighted by Gasteiger charge is -2.32. The van der Waals surface area contributed by atoms with Crippen LogP contribution in [0.4, 0.5) is 0 Å². The summed E-state index contributed by atoms with van der Waals surface area (Å²) in [5, 5.41) is 3.33. The molecule has 0 aromatic carbocycles. The van der Waals surface area contributed by atoms with Crippen LogP contribution in [0.15, 0.2) is 0 Å². The van der Waals surface area contributed by atoms with E-state index in [0.29, 0.717) is 12.0 Å². The van der Waals surface area contributed by atoms with Gasteiger partial charge in [-0.25, -0.2) is 0 Å². The predicted octanol–water partition coefficient (Wildman–Crippen LogP) is 1.89. The third kappa shape index (κ3) is 5.36. The Balaban J connectivity index is 4.46. The normalized spacial score (nSPS) is 14.9. The first-order valence-electron chi connectivity index (χ1n) is 6.99. The molecule has 0 spiro atoms. The van der Waals surface area contributed by atoms with Crippen LogP contribution in [0.1, 0.15) is 40.0 Å². The Kier molecular flexibility index (Phi) is 9.02. The number of carbonyl (C=O) groups is 1. The van der Waals surface area contributed by atoms with Gasteiger partial charge in [-0.2, -0.15) is 0 Å². The first-order chi connectivity index (χ1) is 8.51. The molecular formula is C14H30N2O2. The molecule has 0 aliphatic rings. The first kappa shape index (κ1) is 17.4. The molecule has 1 N–H and O–H groups in total. The zero-order valence-electron chi connectivity index (χ0n) is 12.8. The van der Waals surface area contributed by atoms with Crippen molar-refractivity contribution in [1.29, 1.82) is 0 Å². The van der Waals surface area contributed by atoms with E-state index in [1.54, 1.807) is 0 Å². The number of ether oxygens (including phenoxy) is 1. The molecule has 0 rings (SSSR count). The van der Waals surface area contributed by atoms with Gasteiger partial charge in [0.2, 0.25) is 0 Å². The summed E-state index contributed by atoms with van der Waals surface area (Å²) in [5.74, 6) is 0.488. The molecule has 0 aromatic heterocycles. The summed E-state index contributed by atoms with van der Waals surface area (Å²) in [7, 11) is 5.64. The van der Waals surface area contributed by atoms with Gasteiger partial charge in [-0.1, -0.05) is 33.6 Å². The lowest BCUT2D eigenvalue weighted by Crippen LogP contribution is -2.48. The molecule has 0 aliphatic heterocycles. The van der Waals surface area contributed by atoms with Gasteiger partial charge in [0.15, 0.2) is 0 Å². The SMILES string of the molecule is CCC(NCC(C(CC)CC)N(C)C)C(=O)OC. The minimum atomic E-state index is -0.188. The van der Waals surface area contributed by atoms with E-state index in [0.717, 1.165) is 25.8 Å². The van der Waals surface area contributed by atoms with Gasteiger partial charge in [0, 0.05) is 12.6 Å². The maximum absolute atomic E-state index is 11.5. The van der Waals surface area contributed by atoms with Crippen molar-refractivity contribution in [3.05, 3.63) is 0 Å². The van der Waals surface area contributed by atoms with Crippen molar-refractivity contribution in [2.75, 3.05) is 27.7 Å². The van der Waals surface area contributed by atoms with Gasteiger partial charge < -0.3 is 15.0 Å². The lowest BCUT2D eigenvalue weighted by atomic mass is 9.93. The fourth-order valence-electron chi connectivity index (χ4n) is 2.40. The Hall–Kier alpha value is -0.610. The number of hydrogen-bond acceptors (Lipinski definition) is 4. The van der Waals surface area contributed by atoms with E-state index < -0.39 is 0 Å². The van der Waals surface area contributed by atoms with Crippen molar-refractivity contribution in [3.8, 4) is 0 Å². The third-order valence-electron chi connectivity index (χ3n) is 3.72. The average molecular weight is 258 g/mol. The van der Waals surface area contributed by atoms with Crippen LogP contribution in [0.25, 0.3) is 0 Å². The number of methoxy groups -OCH3 is 1. The second-order valence-electron chi connectivity index (χ2n) is 5.00. The van der Waals surface area contributed by atoms with E-state index >= 15 is 0 Å². The van der Waals surface area contributed by atoms with E-state index in [9.17, 15) is 4.79 Å². The predicted molar refractivity (Wildman–Crippen MR) is 75.6 cm³/mol. The second-order valence-corrected chi connectivity index (χ2v) is 5.00. The van der Waals surface area contributed by atoms with E-state index in [1.165, 1.54) is 7.11 Å². The fourth-order valence-corrected chi connectivity index (χ4v) is 2.40. The summed E-state index contributed by atoms with van der Waals surface area (Å²) in [6.45, 7) is 7.27. The molecular weight excluding hydrogens is 228 g/mol. The molecule has 4 heteroatoms. The van der Waals surface area contributed by atoms with Crippen molar-refractivity contribution in [2.24, 2.45) is 5.92 Å². The molecule has 0 heterocycles. The highest BCUT2D eigenvalue weighted by Gasteiger charge is 2.23. The first-order valence-corrected chi connectivity index (χ1v) is 6.99. The summed E-state index contributed by atoms with van der Waals surface area (Å²) < 4.78 is 4.79. The van der Waals surface area contributed by atoms with Crippen LogP contribution in [0.5, 0.6) is 0 Å². The van der Waals surface area contributed by atoms with Crippen molar-refractivity contribution < 1.29 is 9.53 Å². The number of esters is 1. The minimum Gasteiger partial charge on any atom is -0.468 e. The second kappa shape index (κ2) is 9.34. The highest BCUT2D eigenvalue weighted by molar-refractivity contribution is 5.75. The highest BCUT2D eigenvalue weighted by Crippen LogP contribution is 2.16. The zero-order chi connectivity index (χ0) is 14.1. The van der Waals surface area contributed by atoms with Crippen LogP contribution < -0.4 is 5.32 Å². The van der Waals surface area contributed by atoms with Gasteiger partial charge in [0.05, 0.1) is 7.11 Å². The largest absolute Gasteiger partial charge is 0.468 e. The minimum absolute atomic E-state index is 0.167. The van der Waals surface area contributed by atoms with Gasteiger partial charge in [0.25, 0.3) is 0 Å². The topological polar surface area (TPSA) is 41.6 Å². The van der Waals surface area contributed by atoms with Crippen molar-refractivity contribution in [2.45, 2.75) is 52.1 Å². The number of nitrogens with one attached hydrogen (secondary N) is 1. The quantitative estimate of drug-likeness (QED) is 0.641. The molecule has 18 heavy (non-hydrogen) atoms. The maximum Gasteiger partial charge on any atom is 0.322 e. The fraction of sp³-hybridized carbons (Fsp3) is 0.929. The summed E-state index contributed by atoms with van der Waals surface area (Å²) in [6.07, 6.45) is 3.09. The molecule has 2 unspecified atom stereocenters. The maximum atomic E-state index is 11.5. The molecule has 0 bridgehead atoms. The van der Waals surface area contributed by atoms with Crippen LogP contribution in [0.2, 0.25) is 0 Å². The van der Waals surface area contributed by atoms with Crippen LogP contribution >= 0.6 is 0 Å². The van der Waals surface area contributed by atoms with Crippen molar-refractivity contribution >= 4 is 5.97 Å². The molecule has 0 aliphatic carbocycles. The third-order valence-corrected chi connectivity index (χ3v) is 3.72. The average Bonchev–Trinajstić information content (AvgIpc) is 2.37. The van der Waals surface area contributed by atoms with Crippen LogP contribution in [-0.2, 0) is 9.53 Å². The highest BCUT2D eigenvalue weighted by atomic mass is 16.5. The molecule has 0 aromatic rings. The van der Waals surface area contributed by atoms with E-state index in [-0.39, 0.29) is 12.0 Å². The molecule has 0 radical (unpaired) electrons. The van der Waals surface area contributed by atoms with Crippen molar-refractivity contribution in [3.63, 3.8) is 0 Å². The molecule has 0 saturated carbocycles. The number of rotatable bonds is 9. The van der Waals surface area contributed by atoms with E-state index in [1.807, 2.05) is 6.92 Å².